The first kappa shape index (κ1) is 23.4. The number of nitrogens with zero attached hydrogens (tertiary/aromatic N) is 2. The van der Waals surface area contributed by atoms with Crippen LogP contribution >= 0.6 is 0 Å². The zero-order valence-electron chi connectivity index (χ0n) is 18.6. The average molecular weight is 417 g/mol. The summed E-state index contributed by atoms with van der Waals surface area (Å²) in [5, 5.41) is 3.20. The van der Waals surface area contributed by atoms with Gasteiger partial charge in [-0.3, -0.25) is 9.59 Å². The molecule has 8 heteroatoms. The number of nitrogens with one attached hydrogen (secondary N) is 2. The maximum Gasteiger partial charge on any atom is 0.407 e. The van der Waals surface area contributed by atoms with Crippen molar-refractivity contribution in [1.29, 1.82) is 0 Å². The number of carbonyl (C=O) groups excluding carboxylic acids is 2. The van der Waals surface area contributed by atoms with Gasteiger partial charge in [0.05, 0.1) is 23.4 Å². The fourth-order valence-corrected chi connectivity index (χ4v) is 3.19. The van der Waals surface area contributed by atoms with Crippen molar-refractivity contribution in [1.82, 2.24) is 20.2 Å². The van der Waals surface area contributed by atoms with E-state index < -0.39 is 17.6 Å². The Bertz CT molecular complexity index is 946. The maximum atomic E-state index is 13.0. The highest BCUT2D eigenvalue weighted by Gasteiger charge is 2.25. The molecule has 0 aliphatic carbocycles. The summed E-state index contributed by atoms with van der Waals surface area (Å²) in [7, 11) is 1.67. The molecule has 0 saturated carbocycles. The van der Waals surface area contributed by atoms with E-state index in [0.717, 1.165) is 0 Å². The van der Waals surface area contributed by atoms with Crippen molar-refractivity contribution < 1.29 is 14.3 Å². The van der Waals surface area contributed by atoms with E-state index in [-0.39, 0.29) is 30.5 Å². The zero-order chi connectivity index (χ0) is 22.5. The first-order valence-electron chi connectivity index (χ1n) is 10.2. The summed E-state index contributed by atoms with van der Waals surface area (Å²) in [5.41, 5.74) is -0.254. The van der Waals surface area contributed by atoms with Gasteiger partial charge >= 0.3 is 6.09 Å². The van der Waals surface area contributed by atoms with Gasteiger partial charge in [-0.05, 0) is 45.2 Å². The third-order valence-electron chi connectivity index (χ3n) is 4.42. The lowest BCUT2D eigenvalue weighted by Gasteiger charge is -2.26. The third kappa shape index (κ3) is 6.86. The van der Waals surface area contributed by atoms with Crippen molar-refractivity contribution >= 4 is 22.9 Å². The van der Waals surface area contributed by atoms with Gasteiger partial charge in [0.25, 0.3) is 5.56 Å². The topological polar surface area (TPSA) is 104 Å². The van der Waals surface area contributed by atoms with Gasteiger partial charge in [-0.2, -0.15) is 0 Å². The minimum atomic E-state index is -0.605. The Morgan fingerprint density at radius 1 is 1.23 bits per heavy atom. The molecule has 30 heavy (non-hydrogen) atoms. The molecule has 164 valence electrons. The van der Waals surface area contributed by atoms with Gasteiger partial charge in [-0.15, -0.1) is 0 Å². The zero-order valence-corrected chi connectivity index (χ0v) is 18.6. The lowest BCUT2D eigenvalue weighted by atomic mass is 9.95. The summed E-state index contributed by atoms with van der Waals surface area (Å²) in [4.78, 5) is 46.0. The van der Waals surface area contributed by atoms with Gasteiger partial charge < -0.3 is 19.9 Å². The number of hydrogen-bond donors (Lipinski definition) is 2. The monoisotopic (exact) mass is 416 g/mol. The summed E-state index contributed by atoms with van der Waals surface area (Å²) < 4.78 is 5.26. The highest BCUT2D eigenvalue weighted by Crippen LogP contribution is 2.16. The molecule has 2 rings (SSSR count). The molecular weight excluding hydrogens is 384 g/mol. The summed E-state index contributed by atoms with van der Waals surface area (Å²) in [6.45, 7) is 9.75. The number of rotatable bonds is 7. The minimum Gasteiger partial charge on any atom is -0.444 e. The fraction of sp³-hybridized carbons (Fsp3) is 0.545. The summed E-state index contributed by atoms with van der Waals surface area (Å²) in [6, 6.07) is 7.07. The van der Waals surface area contributed by atoms with Crippen molar-refractivity contribution in [3.05, 3.63) is 40.4 Å². The molecule has 0 aliphatic heterocycles. The molecule has 0 bridgehead atoms. The van der Waals surface area contributed by atoms with Crippen molar-refractivity contribution in [2.45, 2.75) is 53.2 Å². The van der Waals surface area contributed by atoms with E-state index >= 15 is 0 Å². The van der Waals surface area contributed by atoms with Crippen molar-refractivity contribution in [2.75, 3.05) is 13.6 Å². The van der Waals surface area contributed by atoms with Crippen LogP contribution in [0.4, 0.5) is 4.79 Å². The Morgan fingerprint density at radius 3 is 2.53 bits per heavy atom. The molecule has 2 amide bonds. The smallest absolute Gasteiger partial charge is 0.407 e. The number of fused-ring (bicyclic) bond motifs is 1. The van der Waals surface area contributed by atoms with Gasteiger partial charge in [-0.1, -0.05) is 26.0 Å². The second-order valence-electron chi connectivity index (χ2n) is 8.93. The Hall–Kier alpha value is -2.90. The van der Waals surface area contributed by atoms with Crippen LogP contribution in [0.25, 0.3) is 10.9 Å². The highest BCUT2D eigenvalue weighted by atomic mass is 16.6. The third-order valence-corrected chi connectivity index (χ3v) is 4.42. The van der Waals surface area contributed by atoms with E-state index in [4.69, 9.17) is 4.74 Å². The van der Waals surface area contributed by atoms with Crippen LogP contribution < -0.4 is 10.9 Å². The molecule has 0 unspecified atom stereocenters. The van der Waals surface area contributed by atoms with Crippen molar-refractivity contribution in [3.63, 3.8) is 0 Å². The summed E-state index contributed by atoms with van der Waals surface area (Å²) in [5.74, 6) is 0.148. The summed E-state index contributed by atoms with van der Waals surface area (Å²) >= 11 is 0. The Labute approximate surface area is 177 Å². The number of amides is 2. The standard InChI is InChI=1S/C22H32N4O4/c1-14(2)11-15(12-23-21(29)30-22(3,4)5)20(28)26(6)13-18-24-17-10-8-7-9-16(17)19(27)25-18/h7-10,14-15H,11-13H2,1-6H3,(H,23,29)(H,24,25,27)/t15-/m1/s1. The van der Waals surface area contributed by atoms with Crippen LogP contribution in [-0.4, -0.2) is 46.1 Å². The second kappa shape index (κ2) is 9.73. The predicted molar refractivity (Wildman–Crippen MR) is 116 cm³/mol. The molecule has 1 aromatic carbocycles. The van der Waals surface area contributed by atoms with E-state index in [1.165, 1.54) is 4.90 Å². The number of hydrogen-bond acceptors (Lipinski definition) is 5. The molecule has 1 aromatic heterocycles. The molecular formula is C22H32N4O4. The van der Waals surface area contributed by atoms with Gasteiger partial charge in [0.15, 0.2) is 0 Å². The lowest BCUT2D eigenvalue weighted by Crippen LogP contribution is -2.42. The van der Waals surface area contributed by atoms with Crippen LogP contribution in [0.15, 0.2) is 29.1 Å². The average Bonchev–Trinajstić information content (AvgIpc) is 2.63. The predicted octanol–water partition coefficient (Wildman–Crippen LogP) is 3.07. The van der Waals surface area contributed by atoms with E-state index in [9.17, 15) is 14.4 Å². The molecule has 0 radical (unpaired) electrons. The number of alkyl carbamates (subject to hydrolysis) is 1. The van der Waals surface area contributed by atoms with Gasteiger partial charge in [0.1, 0.15) is 11.4 Å². The Balaban J connectivity index is 2.09. The van der Waals surface area contributed by atoms with Crippen molar-refractivity contribution in [2.24, 2.45) is 11.8 Å². The molecule has 0 spiro atoms. The minimum absolute atomic E-state index is 0.129. The van der Waals surface area contributed by atoms with Crippen LogP contribution in [0.5, 0.6) is 0 Å². The lowest BCUT2D eigenvalue weighted by molar-refractivity contribution is -0.135. The number of H-pyrrole nitrogens is 1. The van der Waals surface area contributed by atoms with Crippen molar-refractivity contribution in [3.8, 4) is 0 Å². The molecule has 0 fully saturated rings. The summed E-state index contributed by atoms with van der Waals surface area (Å²) in [6.07, 6.45) is 0.0629. The largest absolute Gasteiger partial charge is 0.444 e. The molecule has 8 nitrogen and oxygen atoms in total. The van der Waals surface area contributed by atoms with E-state index in [0.29, 0.717) is 23.1 Å². The van der Waals surface area contributed by atoms with Crippen LogP contribution in [0.3, 0.4) is 0 Å². The maximum absolute atomic E-state index is 13.0. The first-order chi connectivity index (χ1) is 14.0. The number of aromatic nitrogens is 2. The quantitative estimate of drug-likeness (QED) is 0.722. The Kier molecular flexibility index (Phi) is 7.59. The van der Waals surface area contributed by atoms with Crippen LogP contribution in [-0.2, 0) is 16.1 Å². The molecule has 2 N–H and O–H groups in total. The SMILES string of the molecule is CC(C)C[C@H](CNC(=O)OC(C)(C)C)C(=O)N(C)Cc1nc2ccccc2c(=O)[nH]1. The molecule has 0 saturated heterocycles. The number of carbonyl (C=O) groups is 2. The van der Waals surface area contributed by atoms with Gasteiger partial charge in [-0.25, -0.2) is 9.78 Å². The van der Waals surface area contributed by atoms with Crippen LogP contribution in [0.2, 0.25) is 0 Å². The van der Waals surface area contributed by atoms with Crippen LogP contribution in [0.1, 0.15) is 46.9 Å². The number of benzene rings is 1. The second-order valence-corrected chi connectivity index (χ2v) is 8.93. The highest BCUT2D eigenvalue weighted by molar-refractivity contribution is 5.80. The molecule has 1 atom stereocenters. The van der Waals surface area contributed by atoms with E-state index in [1.54, 1.807) is 46.0 Å². The van der Waals surface area contributed by atoms with Gasteiger partial charge in [0, 0.05) is 13.6 Å². The molecule has 2 aromatic rings. The van der Waals surface area contributed by atoms with Crippen LogP contribution in [0, 0.1) is 11.8 Å². The molecule has 0 aliphatic rings. The Morgan fingerprint density at radius 2 is 1.90 bits per heavy atom. The van der Waals surface area contributed by atoms with E-state index in [2.05, 4.69) is 15.3 Å². The first-order valence-corrected chi connectivity index (χ1v) is 10.2. The number of ether oxygens (including phenoxy) is 1. The van der Waals surface area contributed by atoms with E-state index in [1.807, 2.05) is 19.9 Å². The molecule has 1 heterocycles. The number of aromatic amines is 1. The normalized spacial score (nSPS) is 12.6. The number of para-hydroxylation sites is 1. The van der Waals surface area contributed by atoms with Gasteiger partial charge in [0.2, 0.25) is 5.91 Å². The fourth-order valence-electron chi connectivity index (χ4n) is 3.19.